The number of aliphatic hydroxyl groups is 1. The Morgan fingerprint density at radius 1 is 1.26 bits per heavy atom. The molecule has 1 aromatic carbocycles. The summed E-state index contributed by atoms with van der Waals surface area (Å²) in [6.45, 7) is 2.42. The van der Waals surface area contributed by atoms with Crippen LogP contribution in [0.2, 0.25) is 0 Å². The number of amides is 2. The Bertz CT molecular complexity index is 805. The van der Waals surface area contributed by atoms with Crippen LogP contribution in [-0.2, 0) is 0 Å². The lowest BCUT2D eigenvalue weighted by Crippen LogP contribution is -2.45. The summed E-state index contributed by atoms with van der Waals surface area (Å²) < 4.78 is 0. The molecule has 1 aliphatic rings. The summed E-state index contributed by atoms with van der Waals surface area (Å²) in [6.07, 6.45) is 3.31. The van der Waals surface area contributed by atoms with E-state index in [9.17, 15) is 14.7 Å². The second-order valence-corrected chi connectivity index (χ2v) is 7.68. The average Bonchev–Trinajstić information content (AvgIpc) is 3.19. The van der Waals surface area contributed by atoms with Crippen molar-refractivity contribution in [1.82, 2.24) is 10.2 Å². The SMILES string of the molecule is NC(=O)c1cc(-c2cccc(C(=O)NCCN3CCCC[C@@H]3CO)c2)cs1. The van der Waals surface area contributed by atoms with Crippen LogP contribution in [0, 0.1) is 0 Å². The van der Waals surface area contributed by atoms with Crippen molar-refractivity contribution < 1.29 is 14.7 Å². The maximum atomic E-state index is 12.5. The van der Waals surface area contributed by atoms with Crippen LogP contribution in [0.1, 0.15) is 39.3 Å². The summed E-state index contributed by atoms with van der Waals surface area (Å²) in [5.41, 5.74) is 7.64. The molecule has 1 aliphatic heterocycles. The van der Waals surface area contributed by atoms with Crippen LogP contribution < -0.4 is 11.1 Å². The normalized spacial score (nSPS) is 17.6. The highest BCUT2D eigenvalue weighted by Gasteiger charge is 2.21. The number of likely N-dealkylation sites (tertiary alicyclic amines) is 1. The van der Waals surface area contributed by atoms with E-state index in [1.165, 1.54) is 11.3 Å². The number of nitrogens with two attached hydrogens (primary N) is 1. The van der Waals surface area contributed by atoms with Crippen LogP contribution in [0.3, 0.4) is 0 Å². The van der Waals surface area contributed by atoms with Crippen molar-refractivity contribution in [3.05, 3.63) is 46.2 Å². The molecule has 4 N–H and O–H groups in total. The second kappa shape index (κ2) is 9.12. The average molecular weight is 388 g/mol. The Balaban J connectivity index is 1.59. The first-order valence-corrected chi connectivity index (χ1v) is 10.1. The summed E-state index contributed by atoms with van der Waals surface area (Å²) in [5.74, 6) is -0.571. The molecule has 1 atom stereocenters. The van der Waals surface area contributed by atoms with Gasteiger partial charge in [-0.25, -0.2) is 0 Å². The zero-order chi connectivity index (χ0) is 19.2. The van der Waals surface area contributed by atoms with Gasteiger partial charge in [0.1, 0.15) is 0 Å². The predicted octanol–water partition coefficient (Wildman–Crippen LogP) is 2.09. The molecule has 0 spiro atoms. The lowest BCUT2D eigenvalue weighted by atomic mass is 10.0. The van der Waals surface area contributed by atoms with Crippen molar-refractivity contribution in [2.45, 2.75) is 25.3 Å². The van der Waals surface area contributed by atoms with Crippen molar-refractivity contribution in [1.29, 1.82) is 0 Å². The molecule has 3 rings (SSSR count). The minimum atomic E-state index is -0.445. The van der Waals surface area contributed by atoms with Crippen molar-refractivity contribution in [2.75, 3.05) is 26.2 Å². The first-order valence-electron chi connectivity index (χ1n) is 9.20. The number of benzene rings is 1. The Labute approximate surface area is 163 Å². The Hall–Kier alpha value is -2.22. The van der Waals surface area contributed by atoms with E-state index < -0.39 is 5.91 Å². The number of piperidine rings is 1. The monoisotopic (exact) mass is 387 g/mol. The Kier molecular flexibility index (Phi) is 6.60. The van der Waals surface area contributed by atoms with Crippen LogP contribution >= 0.6 is 11.3 Å². The minimum Gasteiger partial charge on any atom is -0.395 e. The van der Waals surface area contributed by atoms with E-state index in [0.717, 1.165) is 43.5 Å². The number of hydrogen-bond donors (Lipinski definition) is 3. The second-order valence-electron chi connectivity index (χ2n) is 6.77. The topological polar surface area (TPSA) is 95.7 Å². The molecule has 1 saturated heterocycles. The number of nitrogens with one attached hydrogen (secondary N) is 1. The third-order valence-electron chi connectivity index (χ3n) is 4.94. The van der Waals surface area contributed by atoms with Crippen molar-refractivity contribution >= 4 is 23.2 Å². The molecule has 0 radical (unpaired) electrons. The molecule has 2 amide bonds. The molecule has 1 fully saturated rings. The van der Waals surface area contributed by atoms with Crippen LogP contribution in [0.4, 0.5) is 0 Å². The minimum absolute atomic E-state index is 0.125. The van der Waals surface area contributed by atoms with Gasteiger partial charge in [0.05, 0.1) is 11.5 Å². The molecule has 2 heterocycles. The van der Waals surface area contributed by atoms with Crippen LogP contribution in [0.5, 0.6) is 0 Å². The molecule has 0 bridgehead atoms. The molecule has 0 aliphatic carbocycles. The molecule has 0 unspecified atom stereocenters. The van der Waals surface area contributed by atoms with Gasteiger partial charge in [-0.2, -0.15) is 0 Å². The van der Waals surface area contributed by atoms with Crippen LogP contribution in [0.15, 0.2) is 35.7 Å². The summed E-state index contributed by atoms with van der Waals surface area (Å²) in [5, 5.41) is 14.3. The van der Waals surface area contributed by atoms with Crippen molar-refractivity contribution in [2.24, 2.45) is 5.73 Å². The standard InChI is InChI=1S/C20H25N3O3S/c21-19(25)18-11-16(13-27-18)14-4-3-5-15(10-14)20(26)22-7-9-23-8-2-1-6-17(23)12-24/h3-5,10-11,13,17,24H,1-2,6-9,12H2,(H2,21,25)(H,22,26)/t17-/m1/s1. The number of hydrogen-bond acceptors (Lipinski definition) is 5. The number of carbonyl (C=O) groups excluding carboxylic acids is 2. The van der Waals surface area contributed by atoms with Crippen molar-refractivity contribution in [3.63, 3.8) is 0 Å². The van der Waals surface area contributed by atoms with E-state index in [2.05, 4.69) is 10.2 Å². The third kappa shape index (κ3) is 4.94. The van der Waals surface area contributed by atoms with Gasteiger partial charge in [0.2, 0.25) is 0 Å². The van der Waals surface area contributed by atoms with E-state index in [-0.39, 0.29) is 18.6 Å². The fourth-order valence-electron chi connectivity index (χ4n) is 3.43. The molecule has 144 valence electrons. The lowest BCUT2D eigenvalue weighted by Gasteiger charge is -2.34. The third-order valence-corrected chi connectivity index (χ3v) is 5.89. The number of nitrogens with zero attached hydrogens (tertiary/aromatic N) is 1. The zero-order valence-electron chi connectivity index (χ0n) is 15.2. The van der Waals surface area contributed by atoms with E-state index in [0.29, 0.717) is 17.0 Å². The van der Waals surface area contributed by atoms with Gasteiger partial charge in [0, 0.05) is 24.7 Å². The molecular formula is C20H25N3O3S. The largest absolute Gasteiger partial charge is 0.395 e. The summed E-state index contributed by atoms with van der Waals surface area (Å²) in [4.78, 5) is 26.5. The predicted molar refractivity (Wildman–Crippen MR) is 107 cm³/mol. The number of primary amides is 1. The first kappa shape index (κ1) is 19.5. The lowest BCUT2D eigenvalue weighted by molar-refractivity contribution is 0.0849. The number of carbonyl (C=O) groups is 2. The zero-order valence-corrected chi connectivity index (χ0v) is 16.0. The smallest absolute Gasteiger partial charge is 0.258 e. The molecule has 6 nitrogen and oxygen atoms in total. The van der Waals surface area contributed by atoms with E-state index in [4.69, 9.17) is 5.73 Å². The highest BCUT2D eigenvalue weighted by molar-refractivity contribution is 7.12. The van der Waals surface area contributed by atoms with Crippen LogP contribution in [0.25, 0.3) is 11.1 Å². The number of aliphatic hydroxyl groups excluding tert-OH is 1. The molecule has 2 aromatic rings. The van der Waals surface area contributed by atoms with Gasteiger partial charge in [-0.3, -0.25) is 14.5 Å². The molecule has 27 heavy (non-hydrogen) atoms. The highest BCUT2D eigenvalue weighted by atomic mass is 32.1. The summed E-state index contributed by atoms with van der Waals surface area (Å²) in [6, 6.07) is 9.28. The summed E-state index contributed by atoms with van der Waals surface area (Å²) >= 11 is 1.30. The fourth-order valence-corrected chi connectivity index (χ4v) is 4.20. The maximum Gasteiger partial charge on any atom is 0.258 e. The molecule has 7 heteroatoms. The van der Waals surface area contributed by atoms with Gasteiger partial charge >= 0.3 is 0 Å². The Morgan fingerprint density at radius 2 is 2.11 bits per heavy atom. The fraction of sp³-hybridized carbons (Fsp3) is 0.400. The summed E-state index contributed by atoms with van der Waals surface area (Å²) in [7, 11) is 0. The first-order chi connectivity index (χ1) is 13.1. The van der Waals surface area contributed by atoms with Gasteiger partial charge in [-0.15, -0.1) is 11.3 Å². The van der Waals surface area contributed by atoms with E-state index in [1.54, 1.807) is 12.1 Å². The quantitative estimate of drug-likeness (QED) is 0.678. The molecular weight excluding hydrogens is 362 g/mol. The number of thiophene rings is 1. The number of rotatable bonds is 7. The van der Waals surface area contributed by atoms with Crippen molar-refractivity contribution in [3.8, 4) is 11.1 Å². The van der Waals surface area contributed by atoms with Gasteiger partial charge in [-0.05, 0) is 54.1 Å². The maximum absolute atomic E-state index is 12.5. The van der Waals surface area contributed by atoms with Crippen LogP contribution in [-0.4, -0.2) is 54.1 Å². The Morgan fingerprint density at radius 3 is 2.85 bits per heavy atom. The highest BCUT2D eigenvalue weighted by Crippen LogP contribution is 2.26. The molecule has 1 aromatic heterocycles. The van der Waals surface area contributed by atoms with E-state index >= 15 is 0 Å². The molecule has 0 saturated carbocycles. The van der Waals surface area contributed by atoms with E-state index in [1.807, 2.05) is 23.6 Å². The van der Waals surface area contributed by atoms with Gasteiger partial charge in [-0.1, -0.05) is 18.6 Å². The van der Waals surface area contributed by atoms with Gasteiger partial charge in [0.25, 0.3) is 11.8 Å². The van der Waals surface area contributed by atoms with Gasteiger partial charge in [0.15, 0.2) is 0 Å². The van der Waals surface area contributed by atoms with Gasteiger partial charge < -0.3 is 16.2 Å².